The number of aromatic nitrogens is 1. The Bertz CT molecular complexity index is 1590. The number of carboxylic acids is 1. The van der Waals surface area contributed by atoms with Crippen LogP contribution in [0.25, 0.3) is 10.9 Å². The van der Waals surface area contributed by atoms with Crippen LogP contribution in [0.3, 0.4) is 0 Å². The van der Waals surface area contributed by atoms with Gasteiger partial charge < -0.3 is 54.1 Å². The molecular formula is C31H41N9O7. The van der Waals surface area contributed by atoms with Crippen molar-refractivity contribution in [3.63, 3.8) is 0 Å². The number of hydrogen-bond acceptors (Lipinski definition) is 8. The number of carbonyl (C=O) groups excluding carboxylic acids is 4. The molecule has 0 aliphatic heterocycles. The second-order valence-corrected chi connectivity index (χ2v) is 11.0. The number of primary amides is 1. The van der Waals surface area contributed by atoms with Crippen LogP contribution in [0.2, 0.25) is 0 Å². The molecule has 0 aliphatic carbocycles. The minimum absolute atomic E-state index is 0.00127. The first-order chi connectivity index (χ1) is 22.3. The number of aromatic amines is 1. The van der Waals surface area contributed by atoms with E-state index in [0.717, 1.165) is 10.9 Å². The van der Waals surface area contributed by atoms with Gasteiger partial charge in [0, 0.05) is 42.9 Å². The van der Waals surface area contributed by atoms with Crippen LogP contribution < -0.4 is 38.9 Å². The summed E-state index contributed by atoms with van der Waals surface area (Å²) < 4.78 is 0. The Labute approximate surface area is 270 Å². The molecule has 3 aromatic rings. The second-order valence-electron chi connectivity index (χ2n) is 11.0. The third-order valence-electron chi connectivity index (χ3n) is 7.34. The number of carboxylic acid groups (broad SMARTS) is 1. The third kappa shape index (κ3) is 11.3. The molecule has 47 heavy (non-hydrogen) atoms. The Morgan fingerprint density at radius 3 is 2.06 bits per heavy atom. The quantitative estimate of drug-likeness (QED) is 0.0447. The van der Waals surface area contributed by atoms with Gasteiger partial charge in [0.2, 0.25) is 23.6 Å². The third-order valence-corrected chi connectivity index (χ3v) is 7.34. The Hall–Kier alpha value is -5.64. The lowest BCUT2D eigenvalue weighted by atomic mass is 10.0. The number of rotatable bonds is 18. The van der Waals surface area contributed by atoms with Gasteiger partial charge in [0.15, 0.2) is 5.96 Å². The van der Waals surface area contributed by atoms with Crippen molar-refractivity contribution in [3.05, 3.63) is 65.9 Å². The average Bonchev–Trinajstić information content (AvgIpc) is 3.43. The molecular weight excluding hydrogens is 610 g/mol. The normalized spacial score (nSPS) is 13.5. The Kier molecular flexibility index (Phi) is 13.1. The number of phenols is 1. The van der Waals surface area contributed by atoms with Gasteiger partial charge in [-0.25, -0.2) is 4.79 Å². The molecule has 0 saturated carbocycles. The number of aromatic hydroxyl groups is 1. The van der Waals surface area contributed by atoms with Crippen LogP contribution in [-0.4, -0.2) is 81.5 Å². The highest BCUT2D eigenvalue weighted by atomic mass is 16.4. The van der Waals surface area contributed by atoms with E-state index in [1.807, 2.05) is 18.2 Å². The minimum atomic E-state index is -1.46. The number of hydrogen-bond donors (Lipinski definition) is 10. The maximum absolute atomic E-state index is 13.8. The molecule has 0 aliphatic rings. The molecule has 0 spiro atoms. The Morgan fingerprint density at radius 2 is 1.43 bits per heavy atom. The van der Waals surface area contributed by atoms with Crippen LogP contribution in [0.4, 0.5) is 0 Å². The number of carbonyl (C=O) groups is 5. The molecule has 1 aromatic heterocycles. The summed E-state index contributed by atoms with van der Waals surface area (Å²) in [5, 5.41) is 27.9. The van der Waals surface area contributed by atoms with Gasteiger partial charge in [-0.3, -0.25) is 24.2 Å². The summed E-state index contributed by atoms with van der Waals surface area (Å²) in [6.45, 7) is 0.252. The lowest BCUT2D eigenvalue weighted by molar-refractivity contribution is -0.142. The van der Waals surface area contributed by atoms with Gasteiger partial charge in [0.1, 0.15) is 23.9 Å². The predicted molar refractivity (Wildman–Crippen MR) is 174 cm³/mol. The maximum atomic E-state index is 13.8. The van der Waals surface area contributed by atoms with Gasteiger partial charge in [-0.05, 0) is 48.6 Å². The fourth-order valence-electron chi connectivity index (χ4n) is 4.82. The van der Waals surface area contributed by atoms with Crippen molar-refractivity contribution >= 4 is 46.5 Å². The van der Waals surface area contributed by atoms with E-state index in [0.29, 0.717) is 17.5 Å². The van der Waals surface area contributed by atoms with E-state index in [2.05, 4.69) is 25.9 Å². The summed E-state index contributed by atoms with van der Waals surface area (Å²) >= 11 is 0. The maximum Gasteiger partial charge on any atom is 0.326 e. The smallest absolute Gasteiger partial charge is 0.326 e. The molecule has 1 heterocycles. The molecule has 14 N–H and O–H groups in total. The Morgan fingerprint density at radius 1 is 0.809 bits per heavy atom. The number of nitrogens with two attached hydrogens (primary N) is 4. The van der Waals surface area contributed by atoms with Gasteiger partial charge in [-0.15, -0.1) is 0 Å². The van der Waals surface area contributed by atoms with Crippen LogP contribution >= 0.6 is 0 Å². The number of amides is 4. The molecule has 16 heteroatoms. The first-order valence-corrected chi connectivity index (χ1v) is 14.9. The standard InChI is InChI=1S/C31H41N9O7/c32-21(5-3-13-36-31(34)35)27(43)39-24(14-17-7-9-19(41)10-8-17)28(44)40-25(15-18-16-37-22-6-2-1-4-20(18)22)29(45)38-23(30(46)47)11-12-26(33)42/h1-2,4,6-10,16,21,23-25,37,41H,3,5,11-15,32H2,(H2,33,42)(H,38,45)(H,39,43)(H,40,44)(H,46,47)(H4,34,35,36). The number of H-pyrrole nitrogens is 1. The number of aliphatic imine (C=N–C) groups is 1. The number of nitrogens with one attached hydrogen (secondary N) is 4. The van der Waals surface area contributed by atoms with Crippen molar-refractivity contribution < 1.29 is 34.2 Å². The van der Waals surface area contributed by atoms with Crippen molar-refractivity contribution in [2.75, 3.05) is 6.54 Å². The first kappa shape index (κ1) is 35.8. The molecule has 0 fully saturated rings. The molecule has 0 saturated heterocycles. The zero-order valence-electron chi connectivity index (χ0n) is 25.6. The van der Waals surface area contributed by atoms with Crippen LogP contribution in [0.15, 0.2) is 59.7 Å². The number of phenolic OH excluding ortho intramolecular Hbond substituents is 1. The molecule has 0 bridgehead atoms. The highest BCUT2D eigenvalue weighted by Gasteiger charge is 2.31. The molecule has 16 nitrogen and oxygen atoms in total. The van der Waals surface area contributed by atoms with E-state index < -0.39 is 53.8 Å². The fourth-order valence-corrected chi connectivity index (χ4v) is 4.82. The van der Waals surface area contributed by atoms with Crippen LogP contribution in [0.5, 0.6) is 5.75 Å². The van der Waals surface area contributed by atoms with E-state index in [-0.39, 0.29) is 50.4 Å². The zero-order chi connectivity index (χ0) is 34.5. The summed E-state index contributed by atoms with van der Waals surface area (Å²) in [7, 11) is 0. The molecule has 4 amide bonds. The monoisotopic (exact) mass is 651 g/mol. The van der Waals surface area contributed by atoms with Gasteiger partial charge in [-0.2, -0.15) is 0 Å². The highest BCUT2D eigenvalue weighted by Crippen LogP contribution is 2.20. The van der Waals surface area contributed by atoms with Crippen LogP contribution in [0.1, 0.15) is 36.8 Å². The summed E-state index contributed by atoms with van der Waals surface area (Å²) in [5.74, 6) is -4.43. The number of benzene rings is 2. The van der Waals surface area contributed by atoms with E-state index in [4.69, 9.17) is 22.9 Å². The lowest BCUT2D eigenvalue weighted by Crippen LogP contribution is -2.58. The van der Waals surface area contributed by atoms with Gasteiger partial charge in [0.05, 0.1) is 6.04 Å². The number of para-hydroxylation sites is 1. The molecule has 0 radical (unpaired) electrons. The van der Waals surface area contributed by atoms with Crippen molar-refractivity contribution in [1.82, 2.24) is 20.9 Å². The van der Waals surface area contributed by atoms with Gasteiger partial charge in [0.25, 0.3) is 0 Å². The van der Waals surface area contributed by atoms with Gasteiger partial charge >= 0.3 is 5.97 Å². The molecule has 4 atom stereocenters. The molecule has 252 valence electrons. The van der Waals surface area contributed by atoms with Crippen molar-refractivity contribution in [2.24, 2.45) is 27.9 Å². The van der Waals surface area contributed by atoms with Crippen molar-refractivity contribution in [3.8, 4) is 5.75 Å². The first-order valence-electron chi connectivity index (χ1n) is 14.9. The van der Waals surface area contributed by atoms with Crippen LogP contribution in [-0.2, 0) is 36.8 Å². The van der Waals surface area contributed by atoms with E-state index in [1.165, 1.54) is 12.1 Å². The largest absolute Gasteiger partial charge is 0.508 e. The van der Waals surface area contributed by atoms with E-state index in [9.17, 15) is 34.2 Å². The van der Waals surface area contributed by atoms with Crippen molar-refractivity contribution in [1.29, 1.82) is 0 Å². The average molecular weight is 652 g/mol. The van der Waals surface area contributed by atoms with Gasteiger partial charge in [-0.1, -0.05) is 30.3 Å². The topological polar surface area (TPSA) is 294 Å². The second kappa shape index (κ2) is 17.2. The summed E-state index contributed by atoms with van der Waals surface area (Å²) in [6, 6.07) is 8.30. The van der Waals surface area contributed by atoms with Crippen LogP contribution in [0, 0.1) is 0 Å². The fraction of sp³-hybridized carbons (Fsp3) is 0.355. The molecule has 4 unspecified atom stereocenters. The number of nitrogens with zero attached hydrogens (tertiary/aromatic N) is 1. The zero-order valence-corrected chi connectivity index (χ0v) is 25.6. The molecule has 3 rings (SSSR count). The summed E-state index contributed by atoms with van der Waals surface area (Å²) in [6.07, 6.45) is 1.66. The number of fused-ring (bicyclic) bond motifs is 1. The van der Waals surface area contributed by atoms with Crippen molar-refractivity contribution in [2.45, 2.75) is 62.7 Å². The van der Waals surface area contributed by atoms with E-state index >= 15 is 0 Å². The van der Waals surface area contributed by atoms with E-state index in [1.54, 1.807) is 24.4 Å². The minimum Gasteiger partial charge on any atom is -0.508 e. The Balaban J connectivity index is 1.87. The summed E-state index contributed by atoms with van der Waals surface area (Å²) in [4.78, 5) is 70.6. The molecule has 2 aromatic carbocycles. The number of guanidine groups is 1. The lowest BCUT2D eigenvalue weighted by Gasteiger charge is -2.25. The SMILES string of the molecule is NC(=O)CCC(NC(=O)C(Cc1c[nH]c2ccccc12)NC(=O)C(Cc1ccc(O)cc1)NC(=O)C(N)CCCN=C(N)N)C(=O)O. The highest BCUT2D eigenvalue weighted by molar-refractivity contribution is 5.95. The predicted octanol–water partition coefficient (Wildman–Crippen LogP) is -1.16. The summed E-state index contributed by atoms with van der Waals surface area (Å²) in [5.41, 5.74) is 23.9. The number of aliphatic carboxylic acids is 1.